The summed E-state index contributed by atoms with van der Waals surface area (Å²) in [7, 11) is 2.94. The number of anilines is 1. The highest BCUT2D eigenvalue weighted by Gasteiger charge is 2.29. The number of carbonyl (C=O) groups is 1. The highest BCUT2D eigenvalue weighted by atomic mass is 16.5. The Balaban J connectivity index is 3.34. The van der Waals surface area contributed by atoms with Gasteiger partial charge >= 0.3 is 5.97 Å². The van der Waals surface area contributed by atoms with Crippen molar-refractivity contribution in [3.63, 3.8) is 0 Å². The summed E-state index contributed by atoms with van der Waals surface area (Å²) in [6.07, 6.45) is 0.675. The minimum absolute atomic E-state index is 0.165. The first-order valence-corrected chi connectivity index (χ1v) is 5.83. The molecule has 0 radical (unpaired) electrons. The maximum absolute atomic E-state index is 11.6. The average Bonchev–Trinajstić information content (AvgIpc) is 2.65. The summed E-state index contributed by atoms with van der Waals surface area (Å²) < 4.78 is 11.7. The van der Waals surface area contributed by atoms with Crippen LogP contribution in [-0.2, 0) is 21.4 Å². The lowest BCUT2D eigenvalue weighted by molar-refractivity contribution is 0.0595. The molecule has 1 heterocycles. The zero-order chi connectivity index (χ0) is 13.9. The normalized spacial score (nSPS) is 11.6. The third kappa shape index (κ3) is 2.48. The third-order valence-corrected chi connectivity index (χ3v) is 2.78. The van der Waals surface area contributed by atoms with Gasteiger partial charge in [-0.25, -0.2) is 9.78 Å². The van der Waals surface area contributed by atoms with E-state index in [0.29, 0.717) is 18.8 Å². The van der Waals surface area contributed by atoms with Gasteiger partial charge < -0.3 is 19.8 Å². The summed E-state index contributed by atoms with van der Waals surface area (Å²) in [6, 6.07) is 0. The Morgan fingerprint density at radius 3 is 2.50 bits per heavy atom. The third-order valence-electron chi connectivity index (χ3n) is 2.78. The van der Waals surface area contributed by atoms with Crippen LogP contribution in [0.4, 0.5) is 5.82 Å². The van der Waals surface area contributed by atoms with Gasteiger partial charge in [0, 0.05) is 13.5 Å². The van der Waals surface area contributed by atoms with Crippen molar-refractivity contribution >= 4 is 11.8 Å². The summed E-state index contributed by atoms with van der Waals surface area (Å²) >= 11 is 0. The molecular formula is C12H21N3O3. The van der Waals surface area contributed by atoms with Gasteiger partial charge in [0.25, 0.3) is 0 Å². The van der Waals surface area contributed by atoms with Crippen LogP contribution in [0.1, 0.15) is 37.1 Å². The van der Waals surface area contributed by atoms with Crippen molar-refractivity contribution in [1.29, 1.82) is 0 Å². The highest BCUT2D eigenvalue weighted by molar-refractivity contribution is 5.92. The van der Waals surface area contributed by atoms with Gasteiger partial charge in [0.15, 0.2) is 5.69 Å². The number of methoxy groups -OCH3 is 2. The van der Waals surface area contributed by atoms with Crippen LogP contribution >= 0.6 is 0 Å². The molecule has 1 rings (SSSR count). The van der Waals surface area contributed by atoms with E-state index in [1.54, 1.807) is 7.11 Å². The van der Waals surface area contributed by atoms with Gasteiger partial charge in [-0.2, -0.15) is 0 Å². The molecule has 0 saturated carbocycles. The number of aromatic nitrogens is 2. The summed E-state index contributed by atoms with van der Waals surface area (Å²) in [6.45, 7) is 6.40. The molecule has 0 saturated heterocycles. The molecule has 0 aromatic carbocycles. The first kappa shape index (κ1) is 14.5. The number of rotatable bonds is 5. The smallest absolute Gasteiger partial charge is 0.360 e. The number of aryl methyl sites for hydroxylation is 1. The van der Waals surface area contributed by atoms with Crippen LogP contribution in [0, 0.1) is 0 Å². The molecule has 0 spiro atoms. The van der Waals surface area contributed by atoms with Crippen LogP contribution in [0.25, 0.3) is 0 Å². The van der Waals surface area contributed by atoms with Crippen molar-refractivity contribution in [1.82, 2.24) is 9.55 Å². The molecule has 1 aromatic rings. The van der Waals surface area contributed by atoms with E-state index in [1.807, 2.05) is 25.3 Å². The maximum atomic E-state index is 11.6. The first-order chi connectivity index (χ1) is 8.38. The van der Waals surface area contributed by atoms with E-state index in [-0.39, 0.29) is 11.2 Å². The van der Waals surface area contributed by atoms with Gasteiger partial charge in [-0.1, -0.05) is 6.92 Å². The number of hydrogen-bond acceptors (Lipinski definition) is 5. The molecule has 18 heavy (non-hydrogen) atoms. The van der Waals surface area contributed by atoms with E-state index in [9.17, 15) is 4.79 Å². The number of hydrogen-bond donors (Lipinski definition) is 1. The standard InChI is InChI=1S/C12H21N3O3/c1-6-8-14-9(11(16)18-5)10(13)15(8)12(2,3)7-17-4/h6-7,13H2,1-5H3. The Morgan fingerprint density at radius 1 is 1.44 bits per heavy atom. The predicted octanol–water partition coefficient (Wildman–Crippen LogP) is 1.20. The van der Waals surface area contributed by atoms with E-state index < -0.39 is 5.97 Å². The predicted molar refractivity (Wildman–Crippen MR) is 68.6 cm³/mol. The van der Waals surface area contributed by atoms with Crippen LogP contribution in [0.15, 0.2) is 0 Å². The van der Waals surface area contributed by atoms with E-state index in [2.05, 4.69) is 9.72 Å². The Morgan fingerprint density at radius 2 is 2.06 bits per heavy atom. The molecule has 0 bridgehead atoms. The molecule has 1 aromatic heterocycles. The van der Waals surface area contributed by atoms with Gasteiger partial charge in [0.05, 0.1) is 19.3 Å². The van der Waals surface area contributed by atoms with Gasteiger partial charge in [-0.3, -0.25) is 0 Å². The minimum Gasteiger partial charge on any atom is -0.464 e. The lowest BCUT2D eigenvalue weighted by Gasteiger charge is -2.28. The molecule has 0 amide bonds. The van der Waals surface area contributed by atoms with Gasteiger partial charge in [-0.05, 0) is 13.8 Å². The number of nitrogen functional groups attached to an aromatic ring is 1. The molecule has 0 aliphatic heterocycles. The molecule has 0 fully saturated rings. The number of imidazole rings is 1. The molecule has 0 unspecified atom stereocenters. The summed E-state index contributed by atoms with van der Waals surface area (Å²) in [5, 5.41) is 0. The lowest BCUT2D eigenvalue weighted by Crippen LogP contribution is -2.34. The molecule has 2 N–H and O–H groups in total. The van der Waals surface area contributed by atoms with Crippen molar-refractivity contribution in [3.05, 3.63) is 11.5 Å². The van der Waals surface area contributed by atoms with Crippen LogP contribution in [0.3, 0.4) is 0 Å². The Hall–Kier alpha value is -1.56. The Labute approximate surface area is 107 Å². The first-order valence-electron chi connectivity index (χ1n) is 5.83. The summed E-state index contributed by atoms with van der Waals surface area (Å²) in [4.78, 5) is 15.8. The summed E-state index contributed by atoms with van der Waals surface area (Å²) in [5.74, 6) is 0.546. The van der Waals surface area contributed by atoms with Crippen molar-refractivity contribution in [2.24, 2.45) is 0 Å². The fourth-order valence-corrected chi connectivity index (χ4v) is 2.06. The van der Waals surface area contributed by atoms with E-state index in [4.69, 9.17) is 10.5 Å². The molecule has 0 aliphatic rings. The Kier molecular flexibility index (Phi) is 4.34. The van der Waals surface area contributed by atoms with Crippen LogP contribution in [-0.4, -0.2) is 36.3 Å². The molecular weight excluding hydrogens is 234 g/mol. The van der Waals surface area contributed by atoms with Crippen molar-refractivity contribution in [2.75, 3.05) is 26.6 Å². The fraction of sp³-hybridized carbons (Fsp3) is 0.667. The second-order valence-electron chi connectivity index (χ2n) is 4.69. The fourth-order valence-electron chi connectivity index (χ4n) is 2.06. The number of nitrogens with zero attached hydrogens (tertiary/aromatic N) is 2. The molecule has 6 heteroatoms. The largest absolute Gasteiger partial charge is 0.464 e. The molecule has 102 valence electrons. The molecule has 6 nitrogen and oxygen atoms in total. The second kappa shape index (κ2) is 5.39. The zero-order valence-corrected chi connectivity index (χ0v) is 11.6. The van der Waals surface area contributed by atoms with Gasteiger partial charge in [0.1, 0.15) is 11.6 Å². The topological polar surface area (TPSA) is 79.4 Å². The van der Waals surface area contributed by atoms with Gasteiger partial charge in [-0.15, -0.1) is 0 Å². The van der Waals surface area contributed by atoms with Crippen LogP contribution in [0.2, 0.25) is 0 Å². The average molecular weight is 255 g/mol. The van der Waals surface area contributed by atoms with Crippen LogP contribution < -0.4 is 5.73 Å². The summed E-state index contributed by atoms with van der Waals surface area (Å²) in [5.41, 5.74) is 5.81. The van der Waals surface area contributed by atoms with Gasteiger partial charge in [0.2, 0.25) is 0 Å². The van der Waals surface area contributed by atoms with E-state index >= 15 is 0 Å². The maximum Gasteiger partial charge on any atom is 0.360 e. The zero-order valence-electron chi connectivity index (χ0n) is 11.6. The van der Waals surface area contributed by atoms with Crippen molar-refractivity contribution < 1.29 is 14.3 Å². The number of carbonyl (C=O) groups excluding carboxylic acids is 1. The number of nitrogens with two attached hydrogens (primary N) is 1. The number of esters is 1. The van der Waals surface area contributed by atoms with E-state index in [0.717, 1.165) is 5.82 Å². The molecule has 0 atom stereocenters. The quantitative estimate of drug-likeness (QED) is 0.800. The Bertz CT molecular complexity index is 438. The highest BCUT2D eigenvalue weighted by Crippen LogP contribution is 2.26. The molecule has 0 aliphatic carbocycles. The monoisotopic (exact) mass is 255 g/mol. The van der Waals surface area contributed by atoms with Crippen molar-refractivity contribution in [2.45, 2.75) is 32.7 Å². The number of ether oxygens (including phenoxy) is 2. The van der Waals surface area contributed by atoms with E-state index in [1.165, 1.54) is 7.11 Å². The van der Waals surface area contributed by atoms with Crippen LogP contribution in [0.5, 0.6) is 0 Å². The van der Waals surface area contributed by atoms with Crippen molar-refractivity contribution in [3.8, 4) is 0 Å². The SMILES string of the molecule is CCc1nc(C(=O)OC)c(N)n1C(C)(C)COC. The second-order valence-corrected chi connectivity index (χ2v) is 4.69. The lowest BCUT2D eigenvalue weighted by atomic mass is 10.1. The minimum atomic E-state index is -0.519.